The van der Waals surface area contributed by atoms with Crippen LogP contribution in [0.3, 0.4) is 0 Å². The van der Waals surface area contributed by atoms with Crippen molar-refractivity contribution >= 4 is 29.6 Å². The highest BCUT2D eigenvalue weighted by molar-refractivity contribution is 6.15. The molecule has 2 aromatic carbocycles. The van der Waals surface area contributed by atoms with Crippen LogP contribution in [0.1, 0.15) is 18.2 Å². The summed E-state index contributed by atoms with van der Waals surface area (Å²) in [4.78, 5) is 38.5. The van der Waals surface area contributed by atoms with E-state index < -0.39 is 17.8 Å². The third-order valence-corrected chi connectivity index (χ3v) is 5.04. The lowest BCUT2D eigenvalue weighted by atomic mass is 10.1. The van der Waals surface area contributed by atoms with E-state index in [0.717, 1.165) is 28.3 Å². The molecule has 4 rings (SSSR count). The maximum Gasteiger partial charge on any atom is 0.329 e. The molecule has 2 N–H and O–H groups in total. The highest BCUT2D eigenvalue weighted by Gasteiger charge is 2.35. The third-order valence-electron chi connectivity index (χ3n) is 5.04. The number of hydrogen-bond acceptors (Lipinski definition) is 3. The lowest BCUT2D eigenvalue weighted by Gasteiger charge is -2.13. The number of amides is 4. The minimum atomic E-state index is -0.618. The van der Waals surface area contributed by atoms with Crippen molar-refractivity contribution in [2.75, 3.05) is 11.9 Å². The second-order valence-corrected chi connectivity index (χ2v) is 7.08. The van der Waals surface area contributed by atoms with Crippen LogP contribution in [0.25, 0.3) is 11.8 Å². The van der Waals surface area contributed by atoms with Gasteiger partial charge in [-0.05, 0) is 48.4 Å². The zero-order chi connectivity index (χ0) is 21.8. The summed E-state index contributed by atoms with van der Waals surface area (Å²) >= 11 is 0. The van der Waals surface area contributed by atoms with E-state index in [0.29, 0.717) is 5.69 Å². The lowest BCUT2D eigenvalue weighted by molar-refractivity contribution is -0.127. The summed E-state index contributed by atoms with van der Waals surface area (Å²) in [6.45, 7) is 1.63. The van der Waals surface area contributed by atoms with Crippen LogP contribution in [0.2, 0.25) is 0 Å². The second kappa shape index (κ2) is 8.71. The molecule has 1 aliphatic rings. The van der Waals surface area contributed by atoms with Crippen molar-refractivity contribution in [2.45, 2.75) is 13.3 Å². The Hall–Kier alpha value is -4.13. The largest absolute Gasteiger partial charge is 0.329 e. The number of nitrogens with zero attached hydrogens (tertiary/aromatic N) is 2. The van der Waals surface area contributed by atoms with Crippen LogP contribution in [-0.2, 0) is 16.0 Å². The van der Waals surface area contributed by atoms with Gasteiger partial charge in [0.05, 0.1) is 0 Å². The maximum atomic E-state index is 12.8. The normalized spacial score (nSPS) is 14.7. The van der Waals surface area contributed by atoms with E-state index >= 15 is 0 Å². The molecule has 4 amide bonds. The number of carbonyl (C=O) groups is 3. The SMILES string of the molecule is CCc1ccccc1NC(=O)CN1C(=O)N/C(=C/c2cccn2-c2ccccc2)C1=O. The predicted octanol–water partition coefficient (Wildman–Crippen LogP) is 3.57. The predicted molar refractivity (Wildman–Crippen MR) is 118 cm³/mol. The van der Waals surface area contributed by atoms with Crippen LogP contribution in [0.5, 0.6) is 0 Å². The van der Waals surface area contributed by atoms with Crippen LogP contribution in [0.15, 0.2) is 78.6 Å². The molecule has 7 heteroatoms. The van der Waals surface area contributed by atoms with Gasteiger partial charge in [-0.2, -0.15) is 0 Å². The Bertz CT molecular complexity index is 1160. The second-order valence-electron chi connectivity index (χ2n) is 7.08. The molecule has 0 spiro atoms. The minimum Gasteiger partial charge on any atom is -0.324 e. The van der Waals surface area contributed by atoms with Gasteiger partial charge in [0.25, 0.3) is 5.91 Å². The molecule has 156 valence electrons. The zero-order valence-electron chi connectivity index (χ0n) is 17.0. The monoisotopic (exact) mass is 414 g/mol. The highest BCUT2D eigenvalue weighted by atomic mass is 16.2. The standard InChI is InChI=1S/C24H22N4O3/c1-2-17-9-6-7-13-20(17)25-22(29)16-28-23(30)21(26-24(28)31)15-19-12-8-14-27(19)18-10-4-3-5-11-18/h3-15H,2,16H2,1H3,(H,25,29)(H,26,31)/b21-15+. The smallest absolute Gasteiger partial charge is 0.324 e. The van der Waals surface area contributed by atoms with Crippen LogP contribution in [-0.4, -0.2) is 33.9 Å². The first-order chi connectivity index (χ1) is 15.1. The van der Waals surface area contributed by atoms with E-state index in [-0.39, 0.29) is 12.2 Å². The number of carbonyl (C=O) groups excluding carboxylic acids is 3. The molecule has 0 saturated carbocycles. The Morgan fingerprint density at radius 2 is 1.74 bits per heavy atom. The number of anilines is 1. The zero-order valence-corrected chi connectivity index (χ0v) is 17.0. The van der Waals surface area contributed by atoms with E-state index in [1.807, 2.05) is 78.4 Å². The average Bonchev–Trinajstić information content (AvgIpc) is 3.35. The molecule has 1 aliphatic heterocycles. The van der Waals surface area contributed by atoms with Crippen molar-refractivity contribution in [3.05, 3.63) is 89.9 Å². The van der Waals surface area contributed by atoms with Crippen molar-refractivity contribution in [1.82, 2.24) is 14.8 Å². The molecule has 0 radical (unpaired) electrons. The minimum absolute atomic E-state index is 0.127. The van der Waals surface area contributed by atoms with Crippen molar-refractivity contribution in [1.29, 1.82) is 0 Å². The molecule has 7 nitrogen and oxygen atoms in total. The molecule has 1 aromatic heterocycles. The van der Waals surface area contributed by atoms with E-state index in [9.17, 15) is 14.4 Å². The van der Waals surface area contributed by atoms with Crippen LogP contribution in [0, 0.1) is 0 Å². The first-order valence-electron chi connectivity index (χ1n) is 10.0. The molecule has 1 fully saturated rings. The summed E-state index contributed by atoms with van der Waals surface area (Å²) in [6.07, 6.45) is 4.24. The summed E-state index contributed by atoms with van der Waals surface area (Å²) in [5, 5.41) is 5.35. The summed E-state index contributed by atoms with van der Waals surface area (Å²) in [5.41, 5.74) is 3.46. The molecule has 0 atom stereocenters. The quantitative estimate of drug-likeness (QED) is 0.478. The van der Waals surface area contributed by atoms with Crippen molar-refractivity contribution < 1.29 is 14.4 Å². The fourth-order valence-electron chi connectivity index (χ4n) is 3.48. The van der Waals surface area contributed by atoms with Crippen molar-refractivity contribution in [3.63, 3.8) is 0 Å². The number of benzene rings is 2. The van der Waals surface area contributed by atoms with Crippen LogP contribution < -0.4 is 10.6 Å². The van der Waals surface area contributed by atoms with Gasteiger partial charge in [0.2, 0.25) is 5.91 Å². The van der Waals surface area contributed by atoms with E-state index in [4.69, 9.17) is 0 Å². The molecule has 31 heavy (non-hydrogen) atoms. The van der Waals surface area contributed by atoms with E-state index in [1.165, 1.54) is 0 Å². The van der Waals surface area contributed by atoms with Gasteiger partial charge in [-0.25, -0.2) is 9.69 Å². The third kappa shape index (κ3) is 4.25. The Kier molecular flexibility index (Phi) is 5.66. The highest BCUT2D eigenvalue weighted by Crippen LogP contribution is 2.19. The number of hydrogen-bond donors (Lipinski definition) is 2. The Labute approximate surface area is 180 Å². The van der Waals surface area contributed by atoms with Gasteiger partial charge >= 0.3 is 6.03 Å². The molecular weight excluding hydrogens is 392 g/mol. The number of imide groups is 1. The molecule has 2 heterocycles. The summed E-state index contributed by atoms with van der Waals surface area (Å²) < 4.78 is 1.91. The van der Waals surface area contributed by atoms with Crippen LogP contribution >= 0.6 is 0 Å². The topological polar surface area (TPSA) is 83.4 Å². The summed E-state index contributed by atoms with van der Waals surface area (Å²) in [7, 11) is 0. The van der Waals surface area contributed by atoms with Crippen LogP contribution in [0.4, 0.5) is 10.5 Å². The van der Waals surface area contributed by atoms with E-state index in [2.05, 4.69) is 10.6 Å². The van der Waals surface area contributed by atoms with Gasteiger partial charge in [0.1, 0.15) is 12.2 Å². The van der Waals surface area contributed by atoms with Gasteiger partial charge in [-0.3, -0.25) is 9.59 Å². The molecular formula is C24H22N4O3. The molecule has 0 bridgehead atoms. The number of aromatic nitrogens is 1. The first-order valence-corrected chi connectivity index (χ1v) is 10.0. The molecule has 0 unspecified atom stereocenters. The Balaban J connectivity index is 1.50. The fourth-order valence-corrected chi connectivity index (χ4v) is 3.48. The molecule has 1 saturated heterocycles. The van der Waals surface area contributed by atoms with Crippen molar-refractivity contribution in [3.8, 4) is 5.69 Å². The Morgan fingerprint density at radius 1 is 1.00 bits per heavy atom. The van der Waals surface area contributed by atoms with E-state index in [1.54, 1.807) is 12.1 Å². The van der Waals surface area contributed by atoms with Crippen molar-refractivity contribution in [2.24, 2.45) is 0 Å². The number of para-hydroxylation sites is 2. The number of aryl methyl sites for hydroxylation is 1. The average molecular weight is 414 g/mol. The number of rotatable bonds is 6. The Morgan fingerprint density at radius 3 is 2.52 bits per heavy atom. The van der Waals surface area contributed by atoms with Gasteiger partial charge in [-0.15, -0.1) is 0 Å². The fraction of sp³-hybridized carbons (Fsp3) is 0.125. The lowest BCUT2D eigenvalue weighted by Crippen LogP contribution is -2.38. The van der Waals surface area contributed by atoms with Gasteiger partial charge in [-0.1, -0.05) is 43.3 Å². The maximum absolute atomic E-state index is 12.8. The van der Waals surface area contributed by atoms with Gasteiger partial charge in [0, 0.05) is 23.3 Å². The van der Waals surface area contributed by atoms with Gasteiger partial charge < -0.3 is 15.2 Å². The summed E-state index contributed by atoms with van der Waals surface area (Å²) in [6, 6.07) is 20.2. The summed E-state index contributed by atoms with van der Waals surface area (Å²) in [5.74, 6) is -0.969. The number of urea groups is 1. The van der Waals surface area contributed by atoms with Gasteiger partial charge in [0.15, 0.2) is 0 Å². The first kappa shape index (κ1) is 20.2. The molecule has 3 aromatic rings. The number of nitrogens with one attached hydrogen (secondary N) is 2. The molecule has 0 aliphatic carbocycles.